The zero-order valence-electron chi connectivity index (χ0n) is 8.96. The summed E-state index contributed by atoms with van der Waals surface area (Å²) in [6.45, 7) is 1.02. The third kappa shape index (κ3) is 2.90. The van der Waals surface area contributed by atoms with Crippen molar-refractivity contribution in [2.45, 2.75) is 17.7 Å². The third-order valence-corrected chi connectivity index (χ3v) is 4.32. The summed E-state index contributed by atoms with van der Waals surface area (Å²) in [5.74, 6) is 1.62. The van der Waals surface area contributed by atoms with Gasteiger partial charge in [0.2, 0.25) is 0 Å². The Labute approximate surface area is 118 Å². The maximum atomic E-state index is 6.15. The van der Waals surface area contributed by atoms with Crippen molar-refractivity contribution in [2.75, 3.05) is 18.5 Å². The van der Waals surface area contributed by atoms with Gasteiger partial charge in [-0.2, -0.15) is 0 Å². The van der Waals surface area contributed by atoms with Gasteiger partial charge in [-0.3, -0.25) is 0 Å². The molecule has 0 aromatic carbocycles. The second kappa shape index (κ2) is 5.23. The lowest BCUT2D eigenvalue weighted by Gasteiger charge is -2.35. The van der Waals surface area contributed by atoms with Gasteiger partial charge in [0.15, 0.2) is 0 Å². The van der Waals surface area contributed by atoms with Gasteiger partial charge in [0.05, 0.1) is 5.02 Å². The fraction of sp³-hybridized carbons (Fsp3) is 0.545. The summed E-state index contributed by atoms with van der Waals surface area (Å²) < 4.78 is 0.916. The number of halogens is 3. The minimum Gasteiger partial charge on any atom is -0.358 e. The molecule has 0 unspecified atom stereocenters. The molecule has 5 heteroatoms. The van der Waals surface area contributed by atoms with E-state index >= 15 is 0 Å². The third-order valence-electron chi connectivity index (χ3n) is 2.86. The normalized spacial score (nSPS) is 24.0. The first-order chi connectivity index (χ1) is 7.56. The molecule has 2 rings (SSSR count). The Balaban J connectivity index is 2.00. The highest BCUT2D eigenvalue weighted by Gasteiger charge is 2.28. The van der Waals surface area contributed by atoms with Crippen molar-refractivity contribution in [1.82, 2.24) is 4.98 Å². The first kappa shape index (κ1) is 12.7. The van der Waals surface area contributed by atoms with Crippen LogP contribution in [0.15, 0.2) is 16.7 Å². The molecule has 0 bridgehead atoms. The topological polar surface area (TPSA) is 16.1 Å². The summed E-state index contributed by atoms with van der Waals surface area (Å²) in [5, 5.41) is 0.701. The Morgan fingerprint density at radius 3 is 2.81 bits per heavy atom. The van der Waals surface area contributed by atoms with E-state index in [9.17, 15) is 0 Å². The number of rotatable bonds is 3. The first-order valence-corrected chi connectivity index (χ1v) is 7.31. The number of hydrogen-bond donors (Lipinski definition) is 0. The van der Waals surface area contributed by atoms with E-state index in [-0.39, 0.29) is 0 Å². The molecule has 0 radical (unpaired) electrons. The molecule has 1 aromatic heterocycles. The molecular weight excluding hydrogens is 355 g/mol. The molecule has 0 atom stereocenters. The SMILES string of the molecule is CN(CC1CC(Br)C1)c1ncc(Br)cc1Cl. The van der Waals surface area contributed by atoms with Crippen molar-refractivity contribution in [3.05, 3.63) is 21.8 Å². The van der Waals surface area contributed by atoms with Crippen LogP contribution in [0.3, 0.4) is 0 Å². The van der Waals surface area contributed by atoms with Crippen LogP contribution in [0.25, 0.3) is 0 Å². The van der Waals surface area contributed by atoms with Crippen molar-refractivity contribution in [3.63, 3.8) is 0 Å². The molecule has 0 N–H and O–H groups in total. The van der Waals surface area contributed by atoms with Gasteiger partial charge in [-0.05, 0) is 40.8 Å². The zero-order chi connectivity index (χ0) is 11.7. The Bertz CT molecular complexity index is 380. The number of anilines is 1. The standard InChI is InChI=1S/C11H13Br2ClN2/c1-16(6-7-2-8(12)3-7)11-10(14)4-9(13)5-15-11/h4-5,7-8H,2-3,6H2,1H3. The highest BCUT2D eigenvalue weighted by atomic mass is 79.9. The number of alkyl halides is 1. The van der Waals surface area contributed by atoms with Gasteiger partial charge in [-0.25, -0.2) is 4.98 Å². The molecule has 0 amide bonds. The average Bonchev–Trinajstić information content (AvgIpc) is 2.15. The van der Waals surface area contributed by atoms with Gasteiger partial charge in [-0.1, -0.05) is 27.5 Å². The maximum absolute atomic E-state index is 6.15. The predicted molar refractivity (Wildman–Crippen MR) is 75.7 cm³/mol. The molecule has 1 aliphatic carbocycles. The summed E-state index contributed by atoms with van der Waals surface area (Å²) in [4.78, 5) is 7.19. The van der Waals surface area contributed by atoms with Crippen LogP contribution >= 0.6 is 43.5 Å². The monoisotopic (exact) mass is 366 g/mol. The molecule has 88 valence electrons. The van der Waals surface area contributed by atoms with Gasteiger partial charge < -0.3 is 4.90 Å². The van der Waals surface area contributed by atoms with Crippen LogP contribution in [0.2, 0.25) is 5.02 Å². The Morgan fingerprint density at radius 1 is 1.56 bits per heavy atom. The smallest absolute Gasteiger partial charge is 0.147 e. The summed E-state index contributed by atoms with van der Waals surface area (Å²) in [7, 11) is 2.05. The van der Waals surface area contributed by atoms with E-state index in [0.717, 1.165) is 22.8 Å². The van der Waals surface area contributed by atoms with Crippen molar-refractivity contribution in [3.8, 4) is 0 Å². The average molecular weight is 368 g/mol. The van der Waals surface area contributed by atoms with Crippen LogP contribution < -0.4 is 4.90 Å². The number of pyridine rings is 1. The molecule has 1 fully saturated rings. The summed E-state index contributed by atoms with van der Waals surface area (Å²) in [5.41, 5.74) is 0. The largest absolute Gasteiger partial charge is 0.358 e. The van der Waals surface area contributed by atoms with Crippen LogP contribution in [-0.2, 0) is 0 Å². The molecular formula is C11H13Br2ClN2. The van der Waals surface area contributed by atoms with Crippen LogP contribution in [0.1, 0.15) is 12.8 Å². The van der Waals surface area contributed by atoms with Gasteiger partial charge in [0, 0.05) is 29.1 Å². The highest BCUT2D eigenvalue weighted by Crippen LogP contribution is 2.35. The van der Waals surface area contributed by atoms with Crippen molar-refractivity contribution >= 4 is 49.3 Å². The second-order valence-electron chi connectivity index (χ2n) is 4.27. The first-order valence-electron chi connectivity index (χ1n) is 5.22. The van der Waals surface area contributed by atoms with Crippen LogP contribution in [0.5, 0.6) is 0 Å². The van der Waals surface area contributed by atoms with Crippen molar-refractivity contribution < 1.29 is 0 Å². The minimum atomic E-state index is 0.701. The van der Waals surface area contributed by atoms with E-state index in [1.54, 1.807) is 6.20 Å². The molecule has 1 saturated carbocycles. The van der Waals surface area contributed by atoms with E-state index in [1.165, 1.54) is 12.8 Å². The van der Waals surface area contributed by atoms with Crippen LogP contribution in [0.4, 0.5) is 5.82 Å². The molecule has 16 heavy (non-hydrogen) atoms. The molecule has 0 saturated heterocycles. The van der Waals surface area contributed by atoms with E-state index in [1.807, 2.05) is 13.1 Å². The van der Waals surface area contributed by atoms with Gasteiger partial charge >= 0.3 is 0 Å². The Kier molecular flexibility index (Phi) is 4.14. The quantitative estimate of drug-likeness (QED) is 0.747. The lowest BCUT2D eigenvalue weighted by atomic mass is 9.85. The van der Waals surface area contributed by atoms with Crippen LogP contribution in [-0.4, -0.2) is 23.4 Å². The minimum absolute atomic E-state index is 0.701. The van der Waals surface area contributed by atoms with Crippen molar-refractivity contribution in [1.29, 1.82) is 0 Å². The van der Waals surface area contributed by atoms with Gasteiger partial charge in [-0.15, -0.1) is 0 Å². The molecule has 1 aliphatic rings. The van der Waals surface area contributed by atoms with E-state index < -0.39 is 0 Å². The summed E-state index contributed by atoms with van der Waals surface area (Å²) in [6.07, 6.45) is 4.28. The fourth-order valence-electron chi connectivity index (χ4n) is 1.97. The molecule has 0 aliphatic heterocycles. The lowest BCUT2D eigenvalue weighted by molar-refractivity contribution is 0.338. The molecule has 1 aromatic rings. The Hall–Kier alpha value is 0.200. The summed E-state index contributed by atoms with van der Waals surface area (Å²) in [6, 6.07) is 1.88. The number of hydrogen-bond acceptors (Lipinski definition) is 2. The number of aromatic nitrogens is 1. The molecule has 2 nitrogen and oxygen atoms in total. The summed E-state index contributed by atoms with van der Waals surface area (Å²) >= 11 is 13.1. The highest BCUT2D eigenvalue weighted by molar-refractivity contribution is 9.10. The predicted octanol–water partition coefficient (Wildman–Crippen LogP) is 4.11. The van der Waals surface area contributed by atoms with Crippen molar-refractivity contribution in [2.24, 2.45) is 5.92 Å². The van der Waals surface area contributed by atoms with E-state index in [4.69, 9.17) is 11.6 Å². The van der Waals surface area contributed by atoms with E-state index in [2.05, 4.69) is 41.7 Å². The Morgan fingerprint density at radius 2 is 2.25 bits per heavy atom. The van der Waals surface area contributed by atoms with Gasteiger partial charge in [0.25, 0.3) is 0 Å². The maximum Gasteiger partial charge on any atom is 0.147 e. The molecule has 0 spiro atoms. The van der Waals surface area contributed by atoms with Crippen LogP contribution in [0, 0.1) is 5.92 Å². The lowest BCUT2D eigenvalue weighted by Crippen LogP contribution is -2.35. The molecule has 1 heterocycles. The second-order valence-corrected chi connectivity index (χ2v) is 6.89. The van der Waals surface area contributed by atoms with Gasteiger partial charge in [0.1, 0.15) is 5.82 Å². The fourth-order valence-corrected chi connectivity index (χ4v) is 3.80. The van der Waals surface area contributed by atoms with E-state index in [0.29, 0.717) is 9.85 Å². The number of nitrogens with zero attached hydrogens (tertiary/aromatic N) is 2. The zero-order valence-corrected chi connectivity index (χ0v) is 12.9.